The van der Waals surface area contributed by atoms with Crippen LogP contribution >= 0.6 is 27.5 Å². The van der Waals surface area contributed by atoms with Crippen LogP contribution in [0.2, 0.25) is 5.02 Å². The lowest BCUT2D eigenvalue weighted by Gasteiger charge is -2.32. The van der Waals surface area contributed by atoms with Gasteiger partial charge in [0, 0.05) is 65.4 Å². The molecule has 4 N–H and O–H groups in total. The zero-order valence-corrected chi connectivity index (χ0v) is 20.4. The average Bonchev–Trinajstić information content (AvgIpc) is 3.19. The van der Waals surface area contributed by atoms with E-state index in [4.69, 9.17) is 16.7 Å². The van der Waals surface area contributed by atoms with Gasteiger partial charge in [-0.15, -0.1) is 0 Å². The topological polar surface area (TPSA) is 118 Å². The molecule has 2 aromatic carbocycles. The lowest BCUT2D eigenvalue weighted by Crippen LogP contribution is -2.49. The fourth-order valence-corrected chi connectivity index (χ4v) is 4.37. The number of anilines is 1. The van der Waals surface area contributed by atoms with E-state index >= 15 is 0 Å². The third kappa shape index (κ3) is 5.52. The Morgan fingerprint density at radius 3 is 2.41 bits per heavy atom. The number of halogens is 2. The molecule has 178 valence electrons. The minimum atomic E-state index is -0.914. The molecule has 0 saturated carbocycles. The van der Waals surface area contributed by atoms with Gasteiger partial charge in [0.1, 0.15) is 5.69 Å². The van der Waals surface area contributed by atoms with Crippen LogP contribution in [0, 0.1) is 0 Å². The van der Waals surface area contributed by atoms with Crippen molar-refractivity contribution in [2.75, 3.05) is 44.6 Å². The van der Waals surface area contributed by atoms with Crippen LogP contribution in [0.15, 0.2) is 46.9 Å². The third-order valence-corrected chi connectivity index (χ3v) is 6.42. The van der Waals surface area contributed by atoms with Crippen molar-refractivity contribution in [3.8, 4) is 0 Å². The highest BCUT2D eigenvalue weighted by Gasteiger charge is 2.24. The molecule has 3 aromatic rings. The number of carboxylic acid groups (broad SMARTS) is 1. The highest BCUT2D eigenvalue weighted by atomic mass is 79.9. The van der Waals surface area contributed by atoms with Gasteiger partial charge in [-0.25, -0.2) is 4.79 Å². The number of nitrogens with zero attached hydrogens (tertiary/aromatic N) is 2. The first-order chi connectivity index (χ1) is 16.3. The van der Waals surface area contributed by atoms with Gasteiger partial charge in [-0.3, -0.25) is 14.5 Å². The van der Waals surface area contributed by atoms with Crippen LogP contribution in [0.4, 0.5) is 10.5 Å². The first kappa shape index (κ1) is 24.1. The second-order valence-corrected chi connectivity index (χ2v) is 9.25. The molecule has 4 rings (SSSR count). The molecular formula is C23H23BrClN5O4. The van der Waals surface area contributed by atoms with Crippen molar-refractivity contribution < 1.29 is 19.5 Å². The molecule has 1 aromatic heterocycles. The largest absolute Gasteiger partial charge is 0.465 e. The number of nitrogens with one attached hydrogen (secondary N) is 3. The van der Waals surface area contributed by atoms with Crippen molar-refractivity contribution >= 4 is 62.0 Å². The number of rotatable bonds is 6. The van der Waals surface area contributed by atoms with Crippen LogP contribution in [0.1, 0.15) is 20.8 Å². The fraction of sp³-hybridized carbons (Fsp3) is 0.261. The van der Waals surface area contributed by atoms with E-state index in [9.17, 15) is 14.4 Å². The average molecular weight is 549 g/mol. The number of carbonyl (C=O) groups is 3. The highest BCUT2D eigenvalue weighted by molar-refractivity contribution is 9.10. The highest BCUT2D eigenvalue weighted by Crippen LogP contribution is 2.26. The van der Waals surface area contributed by atoms with Crippen molar-refractivity contribution in [1.29, 1.82) is 0 Å². The molecule has 1 fully saturated rings. The normalized spacial score (nSPS) is 14.2. The van der Waals surface area contributed by atoms with Gasteiger partial charge in [0.25, 0.3) is 11.8 Å². The van der Waals surface area contributed by atoms with Gasteiger partial charge in [0.2, 0.25) is 0 Å². The van der Waals surface area contributed by atoms with Gasteiger partial charge in [-0.2, -0.15) is 0 Å². The summed E-state index contributed by atoms with van der Waals surface area (Å²) in [4.78, 5) is 43.8. The van der Waals surface area contributed by atoms with E-state index in [1.165, 1.54) is 4.90 Å². The number of hydrogen-bond acceptors (Lipinski definition) is 4. The quantitative estimate of drug-likeness (QED) is 0.373. The summed E-state index contributed by atoms with van der Waals surface area (Å²) in [6, 6.07) is 12.1. The zero-order valence-electron chi connectivity index (χ0n) is 18.1. The molecule has 1 saturated heterocycles. The van der Waals surface area contributed by atoms with Crippen molar-refractivity contribution in [3.05, 3.63) is 63.2 Å². The SMILES string of the molecule is O=C(Nc1ccc(Cl)cc1)c1[nH]c2cc(Br)ccc2c1C(=O)NCCN1CCN(C(=O)O)CC1. The van der Waals surface area contributed by atoms with E-state index in [0.29, 0.717) is 60.9 Å². The summed E-state index contributed by atoms with van der Waals surface area (Å²) in [7, 11) is 0. The second-order valence-electron chi connectivity index (χ2n) is 7.89. The predicted molar refractivity (Wildman–Crippen MR) is 134 cm³/mol. The molecule has 0 aliphatic carbocycles. The number of benzene rings is 2. The Labute approximate surface area is 209 Å². The van der Waals surface area contributed by atoms with Crippen LogP contribution in [0.3, 0.4) is 0 Å². The van der Waals surface area contributed by atoms with E-state index in [-0.39, 0.29) is 17.2 Å². The molecule has 3 amide bonds. The standard InChI is InChI=1S/C23H23BrClN5O4/c24-14-1-6-17-18(13-14)28-20(22(32)27-16-4-2-15(25)3-5-16)19(17)21(31)26-7-8-29-9-11-30(12-10-29)23(33)34/h1-6,13,28H,7-12H2,(H,26,31)(H,27,32)(H,33,34). The summed E-state index contributed by atoms with van der Waals surface area (Å²) in [6.07, 6.45) is -0.914. The monoisotopic (exact) mass is 547 g/mol. The smallest absolute Gasteiger partial charge is 0.407 e. The number of amides is 3. The van der Waals surface area contributed by atoms with Gasteiger partial charge in [0.05, 0.1) is 5.56 Å². The minimum Gasteiger partial charge on any atom is -0.465 e. The van der Waals surface area contributed by atoms with Gasteiger partial charge in [-0.05, 0) is 36.4 Å². The van der Waals surface area contributed by atoms with Crippen LogP contribution < -0.4 is 10.6 Å². The van der Waals surface area contributed by atoms with E-state index in [0.717, 1.165) is 4.47 Å². The van der Waals surface area contributed by atoms with Gasteiger partial charge in [0.15, 0.2) is 0 Å². The molecule has 0 bridgehead atoms. The van der Waals surface area contributed by atoms with Gasteiger partial charge < -0.3 is 25.6 Å². The molecule has 0 radical (unpaired) electrons. The number of hydrogen-bond donors (Lipinski definition) is 4. The Hall–Kier alpha value is -3.08. The van der Waals surface area contributed by atoms with E-state index in [1.807, 2.05) is 12.1 Å². The molecule has 2 heterocycles. The summed E-state index contributed by atoms with van der Waals surface area (Å²) >= 11 is 9.34. The fourth-order valence-electron chi connectivity index (χ4n) is 3.88. The van der Waals surface area contributed by atoms with E-state index < -0.39 is 12.0 Å². The molecule has 1 aliphatic rings. The maximum atomic E-state index is 13.2. The predicted octanol–water partition coefficient (Wildman–Crippen LogP) is 3.86. The molecule has 34 heavy (non-hydrogen) atoms. The molecule has 0 spiro atoms. The Balaban J connectivity index is 1.48. The van der Waals surface area contributed by atoms with Crippen molar-refractivity contribution in [3.63, 3.8) is 0 Å². The minimum absolute atomic E-state index is 0.163. The number of carbonyl (C=O) groups excluding carboxylic acids is 2. The summed E-state index contributed by atoms with van der Waals surface area (Å²) in [6.45, 7) is 3.05. The maximum absolute atomic E-state index is 13.2. The number of fused-ring (bicyclic) bond motifs is 1. The lowest BCUT2D eigenvalue weighted by molar-refractivity contribution is 0.0920. The van der Waals surface area contributed by atoms with Crippen LogP contribution in [-0.2, 0) is 0 Å². The maximum Gasteiger partial charge on any atom is 0.407 e. The number of piperazine rings is 1. The molecular weight excluding hydrogens is 526 g/mol. The lowest BCUT2D eigenvalue weighted by atomic mass is 10.1. The Bertz CT molecular complexity index is 1220. The Morgan fingerprint density at radius 2 is 1.74 bits per heavy atom. The third-order valence-electron chi connectivity index (χ3n) is 5.67. The van der Waals surface area contributed by atoms with Crippen molar-refractivity contribution in [2.24, 2.45) is 0 Å². The number of aromatic nitrogens is 1. The Morgan fingerprint density at radius 1 is 1.03 bits per heavy atom. The summed E-state index contributed by atoms with van der Waals surface area (Å²) in [5, 5.41) is 16.0. The van der Waals surface area contributed by atoms with Crippen LogP contribution in [0.25, 0.3) is 10.9 Å². The molecule has 0 unspecified atom stereocenters. The van der Waals surface area contributed by atoms with E-state index in [1.54, 1.807) is 30.3 Å². The van der Waals surface area contributed by atoms with Crippen LogP contribution in [-0.4, -0.2) is 77.1 Å². The first-order valence-electron chi connectivity index (χ1n) is 10.7. The van der Waals surface area contributed by atoms with Crippen molar-refractivity contribution in [2.45, 2.75) is 0 Å². The number of H-pyrrole nitrogens is 1. The first-order valence-corrected chi connectivity index (χ1v) is 11.9. The summed E-state index contributed by atoms with van der Waals surface area (Å²) in [5.74, 6) is -0.802. The molecule has 1 aliphatic heterocycles. The molecule has 9 nitrogen and oxygen atoms in total. The van der Waals surface area contributed by atoms with E-state index in [2.05, 4.69) is 36.4 Å². The second kappa shape index (κ2) is 10.5. The molecule has 11 heteroatoms. The molecule has 0 atom stereocenters. The number of aromatic amines is 1. The summed E-state index contributed by atoms with van der Waals surface area (Å²) in [5.41, 5.74) is 1.65. The summed E-state index contributed by atoms with van der Waals surface area (Å²) < 4.78 is 0.818. The Kier molecular flexibility index (Phi) is 7.40. The van der Waals surface area contributed by atoms with Crippen molar-refractivity contribution in [1.82, 2.24) is 20.1 Å². The van der Waals surface area contributed by atoms with Gasteiger partial charge in [-0.1, -0.05) is 33.6 Å². The van der Waals surface area contributed by atoms with Gasteiger partial charge >= 0.3 is 6.09 Å². The van der Waals surface area contributed by atoms with Crippen LogP contribution in [0.5, 0.6) is 0 Å². The zero-order chi connectivity index (χ0) is 24.2.